The second-order valence-electron chi connectivity index (χ2n) is 6.67. The molecule has 6 heteroatoms. The number of benzene rings is 1. The number of amides is 2. The minimum Gasteiger partial charge on any atom is -0.367 e. The molecule has 2 amide bonds. The number of nitrogens with one attached hydrogen (secondary N) is 1. The smallest absolute Gasteiger partial charge is 0.317 e. The van der Waals surface area contributed by atoms with E-state index in [0.717, 1.165) is 49.2 Å². The normalized spacial score (nSPS) is 15.4. The monoisotopic (exact) mass is 342 g/mol. The molecule has 1 saturated heterocycles. The molecular formula is C19H26N4O2. The summed E-state index contributed by atoms with van der Waals surface area (Å²) in [4.78, 5) is 14.2. The molecule has 3 rings (SSSR count). The first kappa shape index (κ1) is 17.3. The predicted molar refractivity (Wildman–Crippen MR) is 97.3 cm³/mol. The van der Waals surface area contributed by atoms with Crippen LogP contribution in [0.2, 0.25) is 0 Å². The van der Waals surface area contributed by atoms with Crippen molar-refractivity contribution in [2.24, 2.45) is 0 Å². The van der Waals surface area contributed by atoms with E-state index in [9.17, 15) is 4.79 Å². The first-order valence-corrected chi connectivity index (χ1v) is 8.90. The quantitative estimate of drug-likeness (QED) is 0.893. The summed E-state index contributed by atoms with van der Waals surface area (Å²) in [6.45, 7) is 6.11. The van der Waals surface area contributed by atoms with Gasteiger partial charge in [0.2, 0.25) is 5.88 Å². The number of anilines is 1. The zero-order valence-electron chi connectivity index (χ0n) is 14.9. The molecule has 2 aromatic rings. The van der Waals surface area contributed by atoms with Gasteiger partial charge in [0.25, 0.3) is 0 Å². The lowest BCUT2D eigenvalue weighted by atomic mass is 9.90. The molecule has 25 heavy (non-hydrogen) atoms. The summed E-state index contributed by atoms with van der Waals surface area (Å²) < 4.78 is 5.14. The molecule has 0 radical (unpaired) electrons. The predicted octanol–water partition coefficient (Wildman–Crippen LogP) is 3.22. The largest absolute Gasteiger partial charge is 0.367 e. The Morgan fingerprint density at radius 3 is 2.64 bits per heavy atom. The Morgan fingerprint density at radius 1 is 1.32 bits per heavy atom. The van der Waals surface area contributed by atoms with Crippen LogP contribution in [0.1, 0.15) is 48.1 Å². The maximum atomic E-state index is 12.4. The van der Waals surface area contributed by atoms with E-state index in [1.54, 1.807) is 0 Å². The van der Waals surface area contributed by atoms with Crippen molar-refractivity contribution in [3.8, 4) is 0 Å². The van der Waals surface area contributed by atoms with Gasteiger partial charge in [0.15, 0.2) is 0 Å². The van der Waals surface area contributed by atoms with Crippen LogP contribution in [0, 0.1) is 6.92 Å². The zero-order valence-corrected chi connectivity index (χ0v) is 14.9. The number of aryl methyl sites for hydroxylation is 1. The molecule has 1 aromatic heterocycles. The number of aromatic nitrogens is 1. The Morgan fingerprint density at radius 2 is 2.00 bits per heavy atom. The van der Waals surface area contributed by atoms with Crippen LogP contribution in [0.5, 0.6) is 0 Å². The van der Waals surface area contributed by atoms with Crippen LogP contribution >= 0.6 is 0 Å². The maximum Gasteiger partial charge on any atom is 0.317 e. The summed E-state index contributed by atoms with van der Waals surface area (Å²) in [6, 6.07) is 8.20. The standard InChI is InChI=1S/C19H26N4O2/c1-3-16-17(22-25-18(16)20)15-8-10-23(11-9-15)19(24)21-12-14-6-4-13(2)5-7-14/h4-7,15H,3,8-12,20H2,1-2H3,(H,21,24). The summed E-state index contributed by atoms with van der Waals surface area (Å²) in [5.74, 6) is 0.743. The molecule has 134 valence electrons. The molecular weight excluding hydrogens is 316 g/mol. The highest BCUT2D eigenvalue weighted by Crippen LogP contribution is 2.32. The van der Waals surface area contributed by atoms with Crippen LogP contribution in [-0.2, 0) is 13.0 Å². The third kappa shape index (κ3) is 3.95. The van der Waals surface area contributed by atoms with Gasteiger partial charge in [-0.3, -0.25) is 0 Å². The number of urea groups is 1. The van der Waals surface area contributed by atoms with E-state index in [1.807, 2.05) is 17.0 Å². The van der Waals surface area contributed by atoms with Crippen molar-refractivity contribution in [3.63, 3.8) is 0 Å². The topological polar surface area (TPSA) is 84.4 Å². The van der Waals surface area contributed by atoms with Crippen molar-refractivity contribution < 1.29 is 9.32 Å². The molecule has 0 spiro atoms. The summed E-state index contributed by atoms with van der Waals surface area (Å²) in [6.07, 6.45) is 2.59. The summed E-state index contributed by atoms with van der Waals surface area (Å²) in [7, 11) is 0. The molecule has 1 fully saturated rings. The van der Waals surface area contributed by atoms with Crippen LogP contribution in [0.15, 0.2) is 28.8 Å². The Labute approximate surface area is 148 Å². The molecule has 2 heterocycles. The number of nitrogens with zero attached hydrogens (tertiary/aromatic N) is 2. The number of nitrogen functional groups attached to an aromatic ring is 1. The van der Waals surface area contributed by atoms with Crippen LogP contribution < -0.4 is 11.1 Å². The fraction of sp³-hybridized carbons (Fsp3) is 0.474. The number of carbonyl (C=O) groups is 1. The number of hydrogen-bond donors (Lipinski definition) is 2. The van der Waals surface area contributed by atoms with Crippen molar-refractivity contribution in [1.82, 2.24) is 15.4 Å². The molecule has 0 aliphatic carbocycles. The molecule has 0 saturated carbocycles. The van der Waals surface area contributed by atoms with E-state index in [-0.39, 0.29) is 6.03 Å². The molecule has 6 nitrogen and oxygen atoms in total. The van der Waals surface area contributed by atoms with Crippen molar-refractivity contribution in [1.29, 1.82) is 0 Å². The summed E-state index contributed by atoms with van der Waals surface area (Å²) in [5, 5.41) is 7.15. The number of piperidine rings is 1. The second kappa shape index (κ2) is 7.59. The van der Waals surface area contributed by atoms with Gasteiger partial charge in [-0.25, -0.2) is 4.79 Å². The van der Waals surface area contributed by atoms with Crippen LogP contribution in [0.4, 0.5) is 10.7 Å². The van der Waals surface area contributed by atoms with Gasteiger partial charge in [0, 0.05) is 31.1 Å². The minimum atomic E-state index is -0.00518. The zero-order chi connectivity index (χ0) is 17.8. The van der Waals surface area contributed by atoms with E-state index in [1.165, 1.54) is 5.56 Å². The highest BCUT2D eigenvalue weighted by molar-refractivity contribution is 5.74. The number of nitrogens with two attached hydrogens (primary N) is 1. The molecule has 3 N–H and O–H groups in total. The second-order valence-corrected chi connectivity index (χ2v) is 6.67. The van der Waals surface area contributed by atoms with Gasteiger partial charge in [-0.1, -0.05) is 41.9 Å². The number of carbonyl (C=O) groups excluding carboxylic acids is 1. The highest BCUT2D eigenvalue weighted by atomic mass is 16.5. The maximum absolute atomic E-state index is 12.4. The first-order chi connectivity index (χ1) is 12.1. The van der Waals surface area contributed by atoms with Crippen molar-refractivity contribution in [2.75, 3.05) is 18.8 Å². The summed E-state index contributed by atoms with van der Waals surface area (Å²) >= 11 is 0. The SMILES string of the molecule is CCc1c(C2CCN(C(=O)NCc3ccc(C)cc3)CC2)noc1N. The van der Waals surface area contributed by atoms with Crippen LogP contribution in [0.25, 0.3) is 0 Å². The Hall–Kier alpha value is -2.50. The van der Waals surface area contributed by atoms with E-state index in [2.05, 4.69) is 36.5 Å². The van der Waals surface area contributed by atoms with Gasteiger partial charge < -0.3 is 20.5 Å². The lowest BCUT2D eigenvalue weighted by Crippen LogP contribution is -2.43. The van der Waals surface area contributed by atoms with E-state index >= 15 is 0 Å². The molecule has 0 atom stereocenters. The van der Waals surface area contributed by atoms with Crippen LogP contribution in [-0.4, -0.2) is 29.2 Å². The van der Waals surface area contributed by atoms with Gasteiger partial charge in [0.1, 0.15) is 0 Å². The first-order valence-electron chi connectivity index (χ1n) is 8.90. The molecule has 0 bridgehead atoms. The lowest BCUT2D eigenvalue weighted by molar-refractivity contribution is 0.180. The molecule has 1 aromatic carbocycles. The Bertz CT molecular complexity index is 716. The molecule has 0 unspecified atom stereocenters. The average molecular weight is 342 g/mol. The number of likely N-dealkylation sites (tertiary alicyclic amines) is 1. The van der Waals surface area contributed by atoms with Crippen molar-refractivity contribution >= 4 is 11.9 Å². The Kier molecular flexibility index (Phi) is 5.26. The number of hydrogen-bond acceptors (Lipinski definition) is 4. The van der Waals surface area contributed by atoms with Gasteiger partial charge in [-0.05, 0) is 31.7 Å². The van der Waals surface area contributed by atoms with Gasteiger partial charge in [-0.15, -0.1) is 0 Å². The average Bonchev–Trinajstić information content (AvgIpc) is 3.01. The lowest BCUT2D eigenvalue weighted by Gasteiger charge is -2.31. The van der Waals surface area contributed by atoms with Gasteiger partial charge in [0.05, 0.1) is 5.69 Å². The fourth-order valence-corrected chi connectivity index (χ4v) is 3.36. The van der Waals surface area contributed by atoms with E-state index in [4.69, 9.17) is 10.3 Å². The Balaban J connectivity index is 1.51. The minimum absolute atomic E-state index is 0.00518. The molecule has 1 aliphatic heterocycles. The van der Waals surface area contributed by atoms with Crippen LogP contribution in [0.3, 0.4) is 0 Å². The number of rotatable bonds is 4. The van der Waals surface area contributed by atoms with Crippen molar-refractivity contribution in [2.45, 2.75) is 45.6 Å². The van der Waals surface area contributed by atoms with Gasteiger partial charge >= 0.3 is 6.03 Å². The van der Waals surface area contributed by atoms with E-state index < -0.39 is 0 Å². The molecule has 1 aliphatic rings. The summed E-state index contributed by atoms with van der Waals surface area (Å²) in [5.41, 5.74) is 10.2. The third-order valence-corrected chi connectivity index (χ3v) is 4.94. The third-order valence-electron chi connectivity index (χ3n) is 4.94. The van der Waals surface area contributed by atoms with Crippen molar-refractivity contribution in [3.05, 3.63) is 46.6 Å². The fourth-order valence-electron chi connectivity index (χ4n) is 3.36. The van der Waals surface area contributed by atoms with E-state index in [0.29, 0.717) is 18.3 Å². The van der Waals surface area contributed by atoms with Gasteiger partial charge in [-0.2, -0.15) is 0 Å². The highest BCUT2D eigenvalue weighted by Gasteiger charge is 2.28.